The van der Waals surface area contributed by atoms with E-state index in [9.17, 15) is 9.18 Å². The molecule has 1 aromatic heterocycles. The summed E-state index contributed by atoms with van der Waals surface area (Å²) in [6.07, 6.45) is 2.21. The molecule has 1 N–H and O–H groups in total. The van der Waals surface area contributed by atoms with Gasteiger partial charge in [0.15, 0.2) is 0 Å². The quantitative estimate of drug-likeness (QED) is 0.861. The molecular formula is C15H16FNO2. The van der Waals surface area contributed by atoms with Gasteiger partial charge in [-0.3, -0.25) is 4.79 Å². The molecule has 0 unspecified atom stereocenters. The lowest BCUT2D eigenvalue weighted by Crippen LogP contribution is -2.08. The van der Waals surface area contributed by atoms with Crippen molar-refractivity contribution in [2.24, 2.45) is 0 Å². The summed E-state index contributed by atoms with van der Waals surface area (Å²) in [6, 6.07) is 4.77. The third-order valence-electron chi connectivity index (χ3n) is 3.77. The number of ether oxygens (including phenoxy) is 1. The van der Waals surface area contributed by atoms with Crippen LogP contribution < -0.4 is 0 Å². The Hall–Kier alpha value is -1.84. The van der Waals surface area contributed by atoms with Crippen LogP contribution in [0.5, 0.6) is 0 Å². The number of esters is 1. The second-order valence-electron chi connectivity index (χ2n) is 4.95. The van der Waals surface area contributed by atoms with Gasteiger partial charge in [0.05, 0.1) is 13.0 Å². The Bertz CT molecular complexity index is 632. The highest BCUT2D eigenvalue weighted by atomic mass is 19.1. The average molecular weight is 261 g/mol. The van der Waals surface area contributed by atoms with Crippen LogP contribution in [0.4, 0.5) is 4.39 Å². The van der Waals surface area contributed by atoms with E-state index < -0.39 is 0 Å². The van der Waals surface area contributed by atoms with Gasteiger partial charge in [-0.25, -0.2) is 4.39 Å². The summed E-state index contributed by atoms with van der Waals surface area (Å²) in [7, 11) is 0. The summed E-state index contributed by atoms with van der Waals surface area (Å²) in [5, 5.41) is 0.946. The van der Waals surface area contributed by atoms with E-state index in [1.165, 1.54) is 6.07 Å². The molecule has 3 nitrogen and oxygen atoms in total. The fraction of sp³-hybridized carbons (Fsp3) is 0.400. The van der Waals surface area contributed by atoms with Crippen molar-refractivity contribution in [3.05, 3.63) is 35.3 Å². The molecular weight excluding hydrogens is 245 g/mol. The standard InChI is InChI=1S/C15H16FNO2/c1-2-19-14(18)7-9-3-5-11-12-8-10(16)4-6-13(12)17-15(9)11/h4,6,8-9,17H,2-3,5,7H2,1H3/t9-/m0/s1. The molecule has 0 amide bonds. The molecule has 0 saturated carbocycles. The summed E-state index contributed by atoms with van der Waals surface area (Å²) in [5.74, 6) is -0.210. The summed E-state index contributed by atoms with van der Waals surface area (Å²) in [6.45, 7) is 2.22. The van der Waals surface area contributed by atoms with Crippen molar-refractivity contribution in [3.8, 4) is 0 Å². The molecule has 0 spiro atoms. The maximum Gasteiger partial charge on any atom is 0.306 e. The van der Waals surface area contributed by atoms with Gasteiger partial charge in [0, 0.05) is 22.5 Å². The number of rotatable bonds is 3. The second-order valence-corrected chi connectivity index (χ2v) is 4.95. The normalized spacial score (nSPS) is 17.7. The van der Waals surface area contributed by atoms with Crippen molar-refractivity contribution >= 4 is 16.9 Å². The maximum absolute atomic E-state index is 13.3. The van der Waals surface area contributed by atoms with E-state index >= 15 is 0 Å². The Labute approximate surface area is 110 Å². The SMILES string of the molecule is CCOC(=O)C[C@@H]1CCc2c1[nH]c1ccc(F)cc21. The van der Waals surface area contributed by atoms with Crippen LogP contribution in [0.2, 0.25) is 0 Å². The highest BCUT2D eigenvalue weighted by Gasteiger charge is 2.28. The average Bonchev–Trinajstić information content (AvgIpc) is 2.90. The van der Waals surface area contributed by atoms with E-state index in [4.69, 9.17) is 4.74 Å². The van der Waals surface area contributed by atoms with Gasteiger partial charge in [-0.1, -0.05) is 0 Å². The predicted octanol–water partition coefficient (Wildman–Crippen LogP) is 3.29. The molecule has 1 heterocycles. The fourth-order valence-electron chi connectivity index (χ4n) is 2.95. The number of carbonyl (C=O) groups excluding carboxylic acids is 1. The summed E-state index contributed by atoms with van der Waals surface area (Å²) in [5.41, 5.74) is 3.18. The molecule has 100 valence electrons. The number of aromatic nitrogens is 1. The van der Waals surface area contributed by atoms with Gasteiger partial charge in [0.1, 0.15) is 5.82 Å². The van der Waals surface area contributed by atoms with E-state index in [0.29, 0.717) is 13.0 Å². The first kappa shape index (κ1) is 12.2. The molecule has 0 saturated heterocycles. The molecule has 1 aliphatic rings. The van der Waals surface area contributed by atoms with Crippen LogP contribution in [0.15, 0.2) is 18.2 Å². The lowest BCUT2D eigenvalue weighted by Gasteiger charge is -2.08. The molecule has 4 heteroatoms. The minimum Gasteiger partial charge on any atom is -0.466 e. The van der Waals surface area contributed by atoms with E-state index in [1.807, 2.05) is 6.92 Å². The third kappa shape index (κ3) is 2.11. The van der Waals surface area contributed by atoms with Crippen LogP contribution in [0.3, 0.4) is 0 Å². The molecule has 1 aliphatic carbocycles. The number of carbonyl (C=O) groups is 1. The smallest absolute Gasteiger partial charge is 0.306 e. The molecule has 0 radical (unpaired) electrons. The predicted molar refractivity (Wildman–Crippen MR) is 70.6 cm³/mol. The van der Waals surface area contributed by atoms with Crippen molar-refractivity contribution in [1.82, 2.24) is 4.98 Å². The first-order valence-corrected chi connectivity index (χ1v) is 6.64. The van der Waals surface area contributed by atoms with Crippen LogP contribution in [0.1, 0.15) is 36.9 Å². The van der Waals surface area contributed by atoms with Gasteiger partial charge in [-0.05, 0) is 43.5 Å². The first-order valence-electron chi connectivity index (χ1n) is 6.64. The zero-order valence-corrected chi connectivity index (χ0v) is 10.8. The van der Waals surface area contributed by atoms with E-state index in [-0.39, 0.29) is 17.7 Å². The largest absolute Gasteiger partial charge is 0.466 e. The van der Waals surface area contributed by atoms with Gasteiger partial charge in [-0.2, -0.15) is 0 Å². The number of aromatic amines is 1. The molecule has 2 aromatic rings. The number of hydrogen-bond acceptors (Lipinski definition) is 2. The van der Waals surface area contributed by atoms with Gasteiger partial charge >= 0.3 is 5.97 Å². The van der Waals surface area contributed by atoms with E-state index in [1.54, 1.807) is 12.1 Å². The topological polar surface area (TPSA) is 42.1 Å². The van der Waals surface area contributed by atoms with Crippen molar-refractivity contribution in [3.63, 3.8) is 0 Å². The lowest BCUT2D eigenvalue weighted by molar-refractivity contribution is -0.143. The van der Waals surface area contributed by atoms with Crippen molar-refractivity contribution in [1.29, 1.82) is 0 Å². The van der Waals surface area contributed by atoms with Gasteiger partial charge in [0.2, 0.25) is 0 Å². The van der Waals surface area contributed by atoms with E-state index in [2.05, 4.69) is 4.98 Å². The summed E-state index contributed by atoms with van der Waals surface area (Å²) < 4.78 is 18.3. The Kier molecular flexibility index (Phi) is 3.01. The molecule has 0 bridgehead atoms. The second kappa shape index (κ2) is 4.68. The molecule has 1 aromatic carbocycles. The Morgan fingerprint density at radius 1 is 1.53 bits per heavy atom. The molecule has 1 atom stereocenters. The van der Waals surface area contributed by atoms with Gasteiger partial charge < -0.3 is 9.72 Å². The zero-order valence-electron chi connectivity index (χ0n) is 10.8. The van der Waals surface area contributed by atoms with Crippen molar-refractivity contribution in [2.75, 3.05) is 6.61 Å². The molecule has 19 heavy (non-hydrogen) atoms. The van der Waals surface area contributed by atoms with E-state index in [0.717, 1.165) is 35.0 Å². The van der Waals surface area contributed by atoms with Gasteiger partial charge in [-0.15, -0.1) is 0 Å². The van der Waals surface area contributed by atoms with Crippen LogP contribution in [-0.4, -0.2) is 17.6 Å². The Morgan fingerprint density at radius 2 is 2.37 bits per heavy atom. The third-order valence-corrected chi connectivity index (χ3v) is 3.77. The number of hydrogen-bond donors (Lipinski definition) is 1. The highest BCUT2D eigenvalue weighted by molar-refractivity contribution is 5.86. The number of halogens is 1. The Balaban J connectivity index is 1.92. The number of benzene rings is 1. The number of aryl methyl sites for hydroxylation is 1. The van der Waals surface area contributed by atoms with Crippen LogP contribution >= 0.6 is 0 Å². The lowest BCUT2D eigenvalue weighted by atomic mass is 10.0. The summed E-state index contributed by atoms with van der Waals surface area (Å²) >= 11 is 0. The Morgan fingerprint density at radius 3 is 3.16 bits per heavy atom. The van der Waals surface area contributed by atoms with Crippen LogP contribution in [0, 0.1) is 5.82 Å². The minimum atomic E-state index is -0.219. The summed E-state index contributed by atoms with van der Waals surface area (Å²) in [4.78, 5) is 14.9. The molecule has 3 rings (SSSR count). The number of H-pyrrole nitrogens is 1. The fourth-order valence-corrected chi connectivity index (χ4v) is 2.95. The number of nitrogens with one attached hydrogen (secondary N) is 1. The minimum absolute atomic E-state index is 0.162. The molecule has 0 fully saturated rings. The van der Waals surface area contributed by atoms with Gasteiger partial charge in [0.25, 0.3) is 0 Å². The van der Waals surface area contributed by atoms with Crippen LogP contribution in [0.25, 0.3) is 10.9 Å². The van der Waals surface area contributed by atoms with Crippen molar-refractivity contribution < 1.29 is 13.9 Å². The monoisotopic (exact) mass is 261 g/mol. The molecule has 0 aliphatic heterocycles. The number of fused-ring (bicyclic) bond motifs is 3. The highest BCUT2D eigenvalue weighted by Crippen LogP contribution is 2.39. The first-order chi connectivity index (χ1) is 9.19. The van der Waals surface area contributed by atoms with Crippen molar-refractivity contribution in [2.45, 2.75) is 32.1 Å². The maximum atomic E-state index is 13.3. The zero-order chi connectivity index (χ0) is 13.4. The van der Waals surface area contributed by atoms with Crippen LogP contribution in [-0.2, 0) is 16.0 Å².